The molecule has 1 aromatic carbocycles. The number of aryl methyl sites for hydroxylation is 1. The Morgan fingerprint density at radius 2 is 1.95 bits per heavy atom. The lowest BCUT2D eigenvalue weighted by Crippen LogP contribution is -2.12. The maximum Gasteiger partial charge on any atom is 0.264 e. The molecular formula is C11H10Cl2N2O2S2. The quantitative estimate of drug-likeness (QED) is 0.838. The molecule has 3 N–H and O–H groups in total. The van der Waals surface area contributed by atoms with Crippen molar-refractivity contribution in [3.05, 3.63) is 38.5 Å². The van der Waals surface area contributed by atoms with Crippen molar-refractivity contribution in [2.75, 3.05) is 10.5 Å². The number of anilines is 2. The van der Waals surface area contributed by atoms with Gasteiger partial charge in [0, 0.05) is 5.69 Å². The predicted molar refractivity (Wildman–Crippen MR) is 80.7 cm³/mol. The highest BCUT2D eigenvalue weighted by atomic mass is 35.5. The molecule has 0 aliphatic heterocycles. The summed E-state index contributed by atoms with van der Waals surface area (Å²) in [6.07, 6.45) is 0. The second-order valence-corrected chi connectivity index (χ2v) is 7.80. The molecule has 102 valence electrons. The molecule has 0 aliphatic rings. The van der Waals surface area contributed by atoms with E-state index in [1.807, 2.05) is 6.92 Å². The van der Waals surface area contributed by atoms with Gasteiger partial charge in [0.1, 0.15) is 9.23 Å². The van der Waals surface area contributed by atoms with E-state index in [0.29, 0.717) is 15.7 Å². The summed E-state index contributed by atoms with van der Waals surface area (Å²) < 4.78 is 27.1. The van der Waals surface area contributed by atoms with Gasteiger partial charge in [-0.3, -0.25) is 4.72 Å². The van der Waals surface area contributed by atoms with E-state index in [9.17, 15) is 8.42 Å². The van der Waals surface area contributed by atoms with Crippen molar-refractivity contribution >= 4 is 55.9 Å². The standard InChI is InChI=1S/C11H10Cl2N2O2S2/c1-6-2-3-7(4-8(6)14)15-19(16,17)9-5-10(12)18-11(9)13/h2-5,15H,14H2,1H3. The molecule has 1 heterocycles. The first-order valence-electron chi connectivity index (χ1n) is 5.13. The van der Waals surface area contributed by atoms with Gasteiger partial charge in [-0.25, -0.2) is 8.42 Å². The molecule has 0 spiro atoms. The number of rotatable bonds is 3. The van der Waals surface area contributed by atoms with Gasteiger partial charge in [-0.1, -0.05) is 29.3 Å². The van der Waals surface area contributed by atoms with Crippen LogP contribution in [0.3, 0.4) is 0 Å². The third-order valence-electron chi connectivity index (χ3n) is 2.45. The Hall–Kier alpha value is -0.950. The lowest BCUT2D eigenvalue weighted by atomic mass is 10.2. The van der Waals surface area contributed by atoms with Gasteiger partial charge in [0.2, 0.25) is 0 Å². The molecule has 0 saturated carbocycles. The summed E-state index contributed by atoms with van der Waals surface area (Å²) in [7, 11) is -3.76. The molecule has 2 aromatic rings. The van der Waals surface area contributed by atoms with Crippen molar-refractivity contribution in [2.24, 2.45) is 0 Å². The van der Waals surface area contributed by atoms with E-state index in [1.54, 1.807) is 18.2 Å². The minimum absolute atomic E-state index is 0.0386. The monoisotopic (exact) mass is 336 g/mol. The smallest absolute Gasteiger partial charge is 0.264 e. The number of sulfonamides is 1. The van der Waals surface area contributed by atoms with Crippen LogP contribution in [0.25, 0.3) is 0 Å². The van der Waals surface area contributed by atoms with Crippen molar-refractivity contribution in [3.8, 4) is 0 Å². The zero-order valence-electron chi connectivity index (χ0n) is 9.78. The van der Waals surface area contributed by atoms with Crippen LogP contribution in [0.15, 0.2) is 29.2 Å². The zero-order chi connectivity index (χ0) is 14.2. The van der Waals surface area contributed by atoms with Crippen LogP contribution in [-0.2, 0) is 10.0 Å². The van der Waals surface area contributed by atoms with E-state index in [1.165, 1.54) is 6.07 Å². The molecule has 0 saturated heterocycles. The number of nitrogens with one attached hydrogen (secondary N) is 1. The SMILES string of the molecule is Cc1ccc(NS(=O)(=O)c2cc(Cl)sc2Cl)cc1N. The normalized spacial score (nSPS) is 11.5. The summed E-state index contributed by atoms with van der Waals surface area (Å²) >= 11 is 12.6. The van der Waals surface area contributed by atoms with Crippen molar-refractivity contribution in [1.29, 1.82) is 0 Å². The second kappa shape index (κ2) is 5.20. The molecule has 0 unspecified atom stereocenters. The van der Waals surface area contributed by atoms with Crippen LogP contribution in [-0.4, -0.2) is 8.42 Å². The largest absolute Gasteiger partial charge is 0.398 e. The highest BCUT2D eigenvalue weighted by Gasteiger charge is 2.21. The molecule has 0 aliphatic carbocycles. The van der Waals surface area contributed by atoms with Crippen LogP contribution in [0.4, 0.5) is 11.4 Å². The number of nitrogen functional groups attached to an aromatic ring is 1. The molecule has 4 nitrogen and oxygen atoms in total. The minimum Gasteiger partial charge on any atom is -0.398 e. The Morgan fingerprint density at radius 3 is 2.47 bits per heavy atom. The first-order valence-corrected chi connectivity index (χ1v) is 8.19. The van der Waals surface area contributed by atoms with Crippen LogP contribution < -0.4 is 10.5 Å². The van der Waals surface area contributed by atoms with Crippen LogP contribution in [0.5, 0.6) is 0 Å². The van der Waals surface area contributed by atoms with Crippen LogP contribution in [0.1, 0.15) is 5.56 Å². The fourth-order valence-electron chi connectivity index (χ4n) is 1.42. The number of hydrogen-bond acceptors (Lipinski definition) is 4. The molecule has 0 radical (unpaired) electrons. The maximum atomic E-state index is 12.1. The molecule has 8 heteroatoms. The Kier molecular flexibility index (Phi) is 3.96. The average Bonchev–Trinajstić information content (AvgIpc) is 2.63. The highest BCUT2D eigenvalue weighted by molar-refractivity contribution is 7.93. The van der Waals surface area contributed by atoms with Gasteiger partial charge in [-0.2, -0.15) is 0 Å². The first-order chi connectivity index (χ1) is 8.79. The summed E-state index contributed by atoms with van der Waals surface area (Å²) in [5, 5.41) is 0. The van der Waals surface area contributed by atoms with Gasteiger partial charge in [-0.05, 0) is 30.7 Å². The predicted octanol–water partition coefficient (Wildman–Crippen LogP) is 3.75. The van der Waals surface area contributed by atoms with E-state index in [-0.39, 0.29) is 9.23 Å². The fraction of sp³-hybridized carbons (Fsp3) is 0.0909. The van der Waals surface area contributed by atoms with E-state index in [0.717, 1.165) is 16.9 Å². The Labute approximate surface area is 125 Å². The lowest BCUT2D eigenvalue weighted by molar-refractivity contribution is 0.601. The van der Waals surface area contributed by atoms with Gasteiger partial charge in [0.25, 0.3) is 10.0 Å². The first kappa shape index (κ1) is 14.5. The molecule has 1 aromatic heterocycles. The summed E-state index contributed by atoms with van der Waals surface area (Å²) in [5.74, 6) is 0. The van der Waals surface area contributed by atoms with Gasteiger partial charge in [0.05, 0.1) is 10.0 Å². The van der Waals surface area contributed by atoms with Gasteiger partial charge in [-0.15, -0.1) is 11.3 Å². The average molecular weight is 337 g/mol. The van der Waals surface area contributed by atoms with E-state index in [4.69, 9.17) is 28.9 Å². The molecule has 0 bridgehead atoms. The molecule has 0 atom stereocenters. The van der Waals surface area contributed by atoms with Crippen LogP contribution in [0.2, 0.25) is 8.67 Å². The summed E-state index contributed by atoms with van der Waals surface area (Å²) in [5.41, 5.74) is 7.49. The minimum atomic E-state index is -3.76. The Bertz CT molecular complexity index is 726. The van der Waals surface area contributed by atoms with Crippen molar-refractivity contribution in [3.63, 3.8) is 0 Å². The summed E-state index contributed by atoms with van der Waals surface area (Å²) in [6, 6.07) is 6.23. The van der Waals surface area contributed by atoms with Crippen LogP contribution in [0, 0.1) is 6.92 Å². The van der Waals surface area contributed by atoms with Gasteiger partial charge >= 0.3 is 0 Å². The second-order valence-electron chi connectivity index (χ2n) is 3.87. The number of hydrogen-bond donors (Lipinski definition) is 2. The van der Waals surface area contributed by atoms with E-state index in [2.05, 4.69) is 4.72 Å². The fourth-order valence-corrected chi connectivity index (χ4v) is 4.62. The number of thiophene rings is 1. The third-order valence-corrected chi connectivity index (χ3v) is 5.58. The highest BCUT2D eigenvalue weighted by Crippen LogP contribution is 2.35. The zero-order valence-corrected chi connectivity index (χ0v) is 12.9. The number of nitrogens with two attached hydrogens (primary N) is 1. The Morgan fingerprint density at radius 1 is 1.26 bits per heavy atom. The molecule has 0 amide bonds. The van der Waals surface area contributed by atoms with Gasteiger partial charge in [0.15, 0.2) is 0 Å². The Balaban J connectivity index is 2.36. The maximum absolute atomic E-state index is 12.1. The van der Waals surface area contributed by atoms with E-state index >= 15 is 0 Å². The number of halogens is 2. The van der Waals surface area contributed by atoms with E-state index < -0.39 is 10.0 Å². The molecule has 19 heavy (non-hydrogen) atoms. The van der Waals surface area contributed by atoms with Gasteiger partial charge < -0.3 is 5.73 Å². The molecule has 0 fully saturated rings. The van der Waals surface area contributed by atoms with Crippen molar-refractivity contribution in [2.45, 2.75) is 11.8 Å². The summed E-state index contributed by atoms with van der Waals surface area (Å²) in [6.45, 7) is 1.84. The molecular weight excluding hydrogens is 327 g/mol. The van der Waals surface area contributed by atoms with Crippen LogP contribution >= 0.6 is 34.5 Å². The topological polar surface area (TPSA) is 72.2 Å². The number of benzene rings is 1. The van der Waals surface area contributed by atoms with Crippen molar-refractivity contribution < 1.29 is 8.42 Å². The molecule has 2 rings (SSSR count). The third kappa shape index (κ3) is 3.14. The van der Waals surface area contributed by atoms with Crippen molar-refractivity contribution in [1.82, 2.24) is 0 Å². The lowest BCUT2D eigenvalue weighted by Gasteiger charge is -2.08. The summed E-state index contributed by atoms with van der Waals surface area (Å²) in [4.78, 5) is -0.0386.